The molecule has 2 atom stereocenters. The number of rotatable bonds is 6. The number of hydrogen-bond donors (Lipinski definition) is 3. The minimum Gasteiger partial charge on any atom is -0.465 e. The van der Waals surface area contributed by atoms with Gasteiger partial charge in [0.2, 0.25) is 0 Å². The Hall–Kier alpha value is -2.62. The highest BCUT2D eigenvalue weighted by atomic mass is 32.1. The normalized spacial score (nSPS) is 21.4. The van der Waals surface area contributed by atoms with Gasteiger partial charge in [-0.2, -0.15) is 0 Å². The van der Waals surface area contributed by atoms with Gasteiger partial charge in [0.25, 0.3) is 0 Å². The number of thiophene rings is 1. The third-order valence-corrected chi connectivity index (χ3v) is 8.77. The minimum atomic E-state index is -0.481. The fourth-order valence-corrected chi connectivity index (χ4v) is 6.73. The Labute approximate surface area is 203 Å². The standard InChI is InChI=1S/C25H32N4O4S/c1-33-25(32)21-22(26)23(34-24(21)28-10-16(12-30)17(11-28)13-31)15-7-8-20-19(9-15)27-14-29(20)18-5-3-2-4-6-18/h7-9,14,16-18,30-31H,2-6,10-13,26H2,1H3/t16-,17-/m1/s1. The summed E-state index contributed by atoms with van der Waals surface area (Å²) in [7, 11) is 1.35. The number of carbonyl (C=O) groups is 1. The lowest BCUT2D eigenvalue weighted by molar-refractivity contribution is 0.0603. The Morgan fingerprint density at radius 1 is 1.18 bits per heavy atom. The number of ether oxygens (including phenoxy) is 1. The van der Waals surface area contributed by atoms with Gasteiger partial charge in [-0.1, -0.05) is 25.3 Å². The summed E-state index contributed by atoms with van der Waals surface area (Å²) in [4.78, 5) is 20.2. The quantitative estimate of drug-likeness (QED) is 0.457. The first kappa shape index (κ1) is 23.1. The third-order valence-electron chi connectivity index (χ3n) is 7.45. The number of nitrogens with zero attached hydrogens (tertiary/aromatic N) is 3. The van der Waals surface area contributed by atoms with E-state index in [4.69, 9.17) is 10.5 Å². The van der Waals surface area contributed by atoms with Gasteiger partial charge in [-0.25, -0.2) is 9.78 Å². The van der Waals surface area contributed by atoms with E-state index in [0.717, 1.165) is 26.5 Å². The fraction of sp³-hybridized carbons (Fsp3) is 0.520. The number of aromatic nitrogens is 2. The number of esters is 1. The van der Waals surface area contributed by atoms with E-state index in [-0.39, 0.29) is 25.0 Å². The molecule has 2 aliphatic rings. The average molecular weight is 485 g/mol. The van der Waals surface area contributed by atoms with Crippen molar-refractivity contribution in [2.24, 2.45) is 11.8 Å². The van der Waals surface area contributed by atoms with Crippen molar-refractivity contribution < 1.29 is 19.7 Å². The molecule has 3 heterocycles. The van der Waals surface area contributed by atoms with E-state index in [9.17, 15) is 15.0 Å². The molecule has 0 amide bonds. The number of nitrogen functional groups attached to an aromatic ring is 1. The maximum atomic E-state index is 12.7. The van der Waals surface area contributed by atoms with Gasteiger partial charge in [-0.05, 0) is 30.5 Å². The van der Waals surface area contributed by atoms with Crippen molar-refractivity contribution in [3.63, 3.8) is 0 Å². The third kappa shape index (κ3) is 3.95. The highest BCUT2D eigenvalue weighted by Gasteiger charge is 2.36. The number of aliphatic hydroxyl groups is 2. The number of benzene rings is 1. The molecule has 1 aliphatic carbocycles. The van der Waals surface area contributed by atoms with Crippen LogP contribution in [0, 0.1) is 11.8 Å². The van der Waals surface area contributed by atoms with Crippen LogP contribution in [0.3, 0.4) is 0 Å². The van der Waals surface area contributed by atoms with Gasteiger partial charge in [0.05, 0.1) is 35.0 Å². The average Bonchev–Trinajstić information content (AvgIpc) is 3.58. The molecule has 9 heteroatoms. The van der Waals surface area contributed by atoms with E-state index in [1.54, 1.807) is 0 Å². The molecule has 0 unspecified atom stereocenters. The van der Waals surface area contributed by atoms with Gasteiger partial charge in [-0.15, -0.1) is 11.3 Å². The molecule has 1 saturated carbocycles. The van der Waals surface area contributed by atoms with E-state index in [2.05, 4.69) is 15.6 Å². The van der Waals surface area contributed by atoms with Crippen LogP contribution in [0.2, 0.25) is 0 Å². The van der Waals surface area contributed by atoms with Gasteiger partial charge in [0.1, 0.15) is 10.6 Å². The molecule has 1 aromatic carbocycles. The Bertz CT molecular complexity index is 1170. The monoisotopic (exact) mass is 484 g/mol. The molecule has 0 spiro atoms. The van der Waals surface area contributed by atoms with Crippen LogP contribution in [0.15, 0.2) is 24.5 Å². The summed E-state index contributed by atoms with van der Waals surface area (Å²) < 4.78 is 7.36. The number of anilines is 2. The van der Waals surface area contributed by atoms with Crippen molar-refractivity contribution in [3.05, 3.63) is 30.1 Å². The molecule has 34 heavy (non-hydrogen) atoms. The number of fused-ring (bicyclic) bond motifs is 1. The zero-order valence-corrected chi connectivity index (χ0v) is 20.3. The molecule has 2 aromatic heterocycles. The second kappa shape index (κ2) is 9.56. The van der Waals surface area contributed by atoms with Gasteiger partial charge in [0, 0.05) is 44.2 Å². The van der Waals surface area contributed by atoms with Crippen LogP contribution in [-0.4, -0.2) is 59.1 Å². The number of aliphatic hydroxyl groups excluding tert-OH is 2. The topological polar surface area (TPSA) is 114 Å². The molecule has 2 fully saturated rings. The van der Waals surface area contributed by atoms with Crippen molar-refractivity contribution in [3.8, 4) is 10.4 Å². The summed E-state index contributed by atoms with van der Waals surface area (Å²) in [6, 6.07) is 6.69. The second-order valence-corrected chi connectivity index (χ2v) is 10.5. The first-order valence-electron chi connectivity index (χ1n) is 12.0. The molecular weight excluding hydrogens is 452 g/mol. The van der Waals surface area contributed by atoms with Crippen LogP contribution in [0.1, 0.15) is 48.5 Å². The van der Waals surface area contributed by atoms with Gasteiger partial charge < -0.3 is 30.2 Å². The van der Waals surface area contributed by atoms with Gasteiger partial charge >= 0.3 is 5.97 Å². The Balaban J connectivity index is 1.53. The van der Waals surface area contributed by atoms with E-state index in [0.29, 0.717) is 30.4 Å². The number of methoxy groups -OCH3 is 1. The van der Waals surface area contributed by atoms with Crippen molar-refractivity contribution in [2.75, 3.05) is 44.0 Å². The number of carbonyl (C=O) groups excluding carboxylic acids is 1. The predicted molar refractivity (Wildman–Crippen MR) is 134 cm³/mol. The van der Waals surface area contributed by atoms with Gasteiger partial charge in [0.15, 0.2) is 0 Å². The van der Waals surface area contributed by atoms with Crippen molar-refractivity contribution >= 4 is 39.0 Å². The Kier molecular flexibility index (Phi) is 6.50. The molecule has 5 rings (SSSR count). The molecule has 1 saturated heterocycles. The van der Waals surface area contributed by atoms with E-state index in [1.807, 2.05) is 23.4 Å². The molecule has 0 bridgehead atoms. The molecule has 182 valence electrons. The number of hydrogen-bond acceptors (Lipinski definition) is 8. The lowest BCUT2D eigenvalue weighted by atomic mass is 9.95. The first-order valence-corrected chi connectivity index (χ1v) is 12.8. The highest BCUT2D eigenvalue weighted by molar-refractivity contribution is 7.20. The van der Waals surface area contributed by atoms with E-state index in [1.165, 1.54) is 50.6 Å². The summed E-state index contributed by atoms with van der Waals surface area (Å²) in [6.45, 7) is 1.08. The molecule has 8 nitrogen and oxygen atoms in total. The van der Waals surface area contributed by atoms with Crippen molar-refractivity contribution in [1.82, 2.24) is 9.55 Å². The molecule has 0 radical (unpaired) electrons. The summed E-state index contributed by atoms with van der Waals surface area (Å²) in [5.74, 6) is -0.588. The SMILES string of the molecule is COC(=O)c1c(N2C[C@H](CO)[C@@H](CO)C2)sc(-c2ccc3c(c2)ncn3C2CCCCC2)c1N. The smallest absolute Gasteiger partial charge is 0.343 e. The van der Waals surface area contributed by atoms with Crippen LogP contribution < -0.4 is 10.6 Å². The van der Waals surface area contributed by atoms with Crippen molar-refractivity contribution in [2.45, 2.75) is 38.1 Å². The van der Waals surface area contributed by atoms with E-state index < -0.39 is 5.97 Å². The molecule has 4 N–H and O–H groups in total. The lowest BCUT2D eigenvalue weighted by Crippen LogP contribution is -2.22. The largest absolute Gasteiger partial charge is 0.465 e. The molecule has 3 aromatic rings. The Morgan fingerprint density at radius 3 is 2.53 bits per heavy atom. The van der Waals surface area contributed by atoms with Crippen LogP contribution in [-0.2, 0) is 4.74 Å². The number of imidazole rings is 1. The Morgan fingerprint density at radius 2 is 1.88 bits per heavy atom. The number of nitrogens with two attached hydrogens (primary N) is 1. The maximum absolute atomic E-state index is 12.7. The summed E-state index contributed by atoms with van der Waals surface area (Å²) in [5.41, 5.74) is 10.2. The van der Waals surface area contributed by atoms with Crippen molar-refractivity contribution in [1.29, 1.82) is 0 Å². The van der Waals surface area contributed by atoms with Crippen LogP contribution >= 0.6 is 11.3 Å². The first-order chi connectivity index (χ1) is 16.5. The highest BCUT2D eigenvalue weighted by Crippen LogP contribution is 2.47. The van der Waals surface area contributed by atoms with Crippen LogP contribution in [0.25, 0.3) is 21.5 Å². The lowest BCUT2D eigenvalue weighted by Gasteiger charge is -2.23. The predicted octanol–water partition coefficient (Wildman–Crippen LogP) is 3.68. The van der Waals surface area contributed by atoms with Gasteiger partial charge in [-0.3, -0.25) is 0 Å². The second-order valence-electron chi connectivity index (χ2n) is 9.45. The van der Waals surface area contributed by atoms with Crippen LogP contribution in [0.4, 0.5) is 10.7 Å². The maximum Gasteiger partial charge on any atom is 0.343 e. The summed E-state index contributed by atoms with van der Waals surface area (Å²) >= 11 is 1.45. The zero-order chi connectivity index (χ0) is 23.8. The fourth-order valence-electron chi connectivity index (χ4n) is 5.51. The summed E-state index contributed by atoms with van der Waals surface area (Å²) in [6.07, 6.45) is 8.16. The van der Waals surface area contributed by atoms with E-state index >= 15 is 0 Å². The molecule has 1 aliphatic heterocycles. The molecular formula is C25H32N4O4S. The minimum absolute atomic E-state index is 0.0106. The zero-order valence-electron chi connectivity index (χ0n) is 19.4. The summed E-state index contributed by atoms with van der Waals surface area (Å²) in [5, 5.41) is 20.2. The van der Waals surface area contributed by atoms with Crippen LogP contribution in [0.5, 0.6) is 0 Å².